The van der Waals surface area contributed by atoms with E-state index in [-0.39, 0.29) is 12.7 Å². The van der Waals surface area contributed by atoms with Crippen LogP contribution in [0.2, 0.25) is 0 Å². The summed E-state index contributed by atoms with van der Waals surface area (Å²) in [5.74, 6) is 0. The van der Waals surface area contributed by atoms with Gasteiger partial charge in [-0.25, -0.2) is 0 Å². The average molecular weight is 260 g/mol. The Hall–Kier alpha value is -1.63. The summed E-state index contributed by atoms with van der Waals surface area (Å²) < 4.78 is 42.1. The third-order valence-corrected chi connectivity index (χ3v) is 2.63. The minimum atomic E-state index is -4.42. The molecule has 1 saturated heterocycles. The standard InChI is InChI=1S/C11H11F3N2O2/c12-11(13,14)10-2-1-8(3-15-10)6-18-9-4-16(5-9)7-17/h1-3,7,9H,4-6H2. The van der Waals surface area contributed by atoms with Gasteiger partial charge in [0.1, 0.15) is 5.69 Å². The number of carbonyl (C=O) groups excluding carboxylic acids is 1. The van der Waals surface area contributed by atoms with Crippen LogP contribution in [0.5, 0.6) is 0 Å². The fourth-order valence-electron chi connectivity index (χ4n) is 1.55. The smallest absolute Gasteiger partial charge is 0.370 e. The topological polar surface area (TPSA) is 42.4 Å². The summed E-state index contributed by atoms with van der Waals surface area (Å²) in [5.41, 5.74) is -0.338. The number of rotatable bonds is 4. The third-order valence-electron chi connectivity index (χ3n) is 2.63. The molecule has 1 aromatic heterocycles. The molecule has 0 spiro atoms. The molecule has 1 amide bonds. The second-order valence-corrected chi connectivity index (χ2v) is 4.04. The number of aromatic nitrogens is 1. The molecule has 2 rings (SSSR count). The molecule has 98 valence electrons. The van der Waals surface area contributed by atoms with Crippen LogP contribution in [-0.4, -0.2) is 35.5 Å². The summed E-state index contributed by atoms with van der Waals surface area (Å²) in [6, 6.07) is 2.27. The van der Waals surface area contributed by atoms with Crippen LogP contribution in [0.25, 0.3) is 0 Å². The zero-order chi connectivity index (χ0) is 13.2. The normalized spacial score (nSPS) is 16.5. The Morgan fingerprint density at radius 1 is 1.44 bits per heavy atom. The third kappa shape index (κ3) is 2.98. The van der Waals surface area contributed by atoms with Crippen molar-refractivity contribution in [2.45, 2.75) is 18.9 Å². The highest BCUT2D eigenvalue weighted by atomic mass is 19.4. The van der Waals surface area contributed by atoms with E-state index in [0.29, 0.717) is 18.7 Å². The number of ether oxygens (including phenoxy) is 1. The van der Waals surface area contributed by atoms with Gasteiger partial charge in [0.15, 0.2) is 0 Å². The van der Waals surface area contributed by atoms with Crippen molar-refractivity contribution < 1.29 is 22.7 Å². The highest BCUT2D eigenvalue weighted by Gasteiger charge is 2.32. The maximum Gasteiger partial charge on any atom is 0.433 e. The first-order valence-electron chi connectivity index (χ1n) is 5.32. The molecular formula is C11H11F3N2O2. The lowest BCUT2D eigenvalue weighted by molar-refractivity contribution is -0.141. The van der Waals surface area contributed by atoms with Gasteiger partial charge in [0.2, 0.25) is 6.41 Å². The Morgan fingerprint density at radius 3 is 2.67 bits per heavy atom. The van der Waals surface area contributed by atoms with Gasteiger partial charge in [0.25, 0.3) is 0 Å². The highest BCUT2D eigenvalue weighted by molar-refractivity contribution is 5.48. The van der Waals surface area contributed by atoms with E-state index in [1.807, 2.05) is 0 Å². The molecule has 1 fully saturated rings. The first kappa shape index (κ1) is 12.8. The number of nitrogens with zero attached hydrogens (tertiary/aromatic N) is 2. The molecule has 0 radical (unpaired) electrons. The lowest BCUT2D eigenvalue weighted by atomic mass is 10.2. The number of carbonyl (C=O) groups is 1. The SMILES string of the molecule is O=CN1CC(OCc2ccc(C(F)(F)F)nc2)C1. The number of alkyl halides is 3. The summed E-state index contributed by atoms with van der Waals surface area (Å²) in [7, 11) is 0. The summed E-state index contributed by atoms with van der Waals surface area (Å²) in [6.07, 6.45) is -2.58. The van der Waals surface area contributed by atoms with Crippen molar-refractivity contribution in [3.05, 3.63) is 29.6 Å². The highest BCUT2D eigenvalue weighted by Crippen LogP contribution is 2.27. The zero-order valence-electron chi connectivity index (χ0n) is 9.35. The minimum absolute atomic E-state index is 0.0440. The summed E-state index contributed by atoms with van der Waals surface area (Å²) in [4.78, 5) is 15.2. The van der Waals surface area contributed by atoms with Gasteiger partial charge in [0.05, 0.1) is 12.7 Å². The molecule has 0 aliphatic carbocycles. The van der Waals surface area contributed by atoms with Crippen LogP contribution < -0.4 is 0 Å². The Kier molecular flexibility index (Phi) is 3.51. The Labute approximate surface area is 101 Å². The summed E-state index contributed by atoms with van der Waals surface area (Å²) in [6.45, 7) is 1.25. The van der Waals surface area contributed by atoms with Crippen molar-refractivity contribution in [3.8, 4) is 0 Å². The second-order valence-electron chi connectivity index (χ2n) is 4.04. The molecule has 0 aromatic carbocycles. The van der Waals surface area contributed by atoms with Crippen LogP contribution in [0.3, 0.4) is 0 Å². The number of pyridine rings is 1. The molecule has 1 aromatic rings. The number of hydrogen-bond donors (Lipinski definition) is 0. The summed E-state index contributed by atoms with van der Waals surface area (Å²) >= 11 is 0. The van der Waals surface area contributed by atoms with E-state index in [4.69, 9.17) is 4.74 Å². The fourth-order valence-corrected chi connectivity index (χ4v) is 1.55. The molecule has 1 aliphatic heterocycles. The van der Waals surface area contributed by atoms with E-state index in [1.54, 1.807) is 4.90 Å². The number of amides is 1. The van der Waals surface area contributed by atoms with Crippen LogP contribution in [0.15, 0.2) is 18.3 Å². The molecule has 0 saturated carbocycles. The predicted molar refractivity (Wildman–Crippen MR) is 55.5 cm³/mol. The monoisotopic (exact) mass is 260 g/mol. The number of likely N-dealkylation sites (tertiary alicyclic amines) is 1. The molecule has 4 nitrogen and oxygen atoms in total. The van der Waals surface area contributed by atoms with E-state index < -0.39 is 11.9 Å². The molecule has 0 bridgehead atoms. The van der Waals surface area contributed by atoms with Crippen LogP contribution in [-0.2, 0) is 22.3 Å². The van der Waals surface area contributed by atoms with Gasteiger partial charge in [-0.2, -0.15) is 13.2 Å². The Bertz CT molecular complexity index is 413. The lowest BCUT2D eigenvalue weighted by Crippen LogP contribution is -2.51. The first-order chi connectivity index (χ1) is 8.49. The molecule has 0 atom stereocenters. The van der Waals surface area contributed by atoms with Gasteiger partial charge in [0, 0.05) is 19.3 Å². The molecule has 1 aliphatic rings. The van der Waals surface area contributed by atoms with E-state index in [0.717, 1.165) is 18.7 Å². The average Bonchev–Trinajstić information content (AvgIpc) is 2.27. The molecule has 2 heterocycles. The Morgan fingerprint density at radius 2 is 2.17 bits per heavy atom. The van der Waals surface area contributed by atoms with Crippen LogP contribution in [0.4, 0.5) is 13.2 Å². The van der Waals surface area contributed by atoms with E-state index in [2.05, 4.69) is 4.98 Å². The fraction of sp³-hybridized carbons (Fsp3) is 0.455. The van der Waals surface area contributed by atoms with Crippen molar-refractivity contribution in [1.82, 2.24) is 9.88 Å². The summed E-state index contributed by atoms with van der Waals surface area (Å²) in [5, 5.41) is 0. The van der Waals surface area contributed by atoms with E-state index in [9.17, 15) is 18.0 Å². The van der Waals surface area contributed by atoms with Crippen molar-refractivity contribution in [2.75, 3.05) is 13.1 Å². The quantitative estimate of drug-likeness (QED) is 0.770. The molecule has 0 unspecified atom stereocenters. The first-order valence-corrected chi connectivity index (χ1v) is 5.32. The van der Waals surface area contributed by atoms with Gasteiger partial charge in [-0.1, -0.05) is 6.07 Å². The maximum absolute atomic E-state index is 12.2. The second kappa shape index (κ2) is 4.93. The largest absolute Gasteiger partial charge is 0.433 e. The van der Waals surface area contributed by atoms with Crippen LogP contribution in [0, 0.1) is 0 Å². The van der Waals surface area contributed by atoms with Crippen LogP contribution in [0.1, 0.15) is 11.3 Å². The molecule has 0 N–H and O–H groups in total. The van der Waals surface area contributed by atoms with Crippen LogP contribution >= 0.6 is 0 Å². The molecule has 7 heteroatoms. The maximum atomic E-state index is 12.2. The number of halogens is 3. The van der Waals surface area contributed by atoms with Gasteiger partial charge in [-0.05, 0) is 11.6 Å². The van der Waals surface area contributed by atoms with Gasteiger partial charge < -0.3 is 9.64 Å². The van der Waals surface area contributed by atoms with Gasteiger partial charge >= 0.3 is 6.18 Å². The zero-order valence-corrected chi connectivity index (χ0v) is 9.35. The predicted octanol–water partition coefficient (Wildman–Crippen LogP) is 1.46. The molecule has 18 heavy (non-hydrogen) atoms. The lowest BCUT2D eigenvalue weighted by Gasteiger charge is -2.35. The van der Waals surface area contributed by atoms with Crippen molar-refractivity contribution >= 4 is 6.41 Å². The van der Waals surface area contributed by atoms with Gasteiger partial charge in [-0.3, -0.25) is 9.78 Å². The van der Waals surface area contributed by atoms with Gasteiger partial charge in [-0.15, -0.1) is 0 Å². The minimum Gasteiger partial charge on any atom is -0.370 e. The number of hydrogen-bond acceptors (Lipinski definition) is 3. The molecular weight excluding hydrogens is 249 g/mol. The Balaban J connectivity index is 1.82. The van der Waals surface area contributed by atoms with Crippen molar-refractivity contribution in [3.63, 3.8) is 0 Å². The van der Waals surface area contributed by atoms with Crippen molar-refractivity contribution in [1.29, 1.82) is 0 Å². The van der Waals surface area contributed by atoms with E-state index >= 15 is 0 Å². The van der Waals surface area contributed by atoms with Crippen molar-refractivity contribution in [2.24, 2.45) is 0 Å². The van der Waals surface area contributed by atoms with E-state index in [1.165, 1.54) is 6.07 Å².